The Hall–Kier alpha value is -3.46. The van der Waals surface area contributed by atoms with E-state index in [2.05, 4.69) is 10.4 Å². The number of ether oxygens (including phenoxy) is 1. The molecule has 3 rings (SSSR count). The van der Waals surface area contributed by atoms with Gasteiger partial charge >= 0.3 is 5.97 Å². The molecule has 1 amide bonds. The maximum atomic E-state index is 13.2. The van der Waals surface area contributed by atoms with Gasteiger partial charge in [0.25, 0.3) is 0 Å². The van der Waals surface area contributed by atoms with Gasteiger partial charge < -0.3 is 10.1 Å². The number of halogens is 1. The molecule has 0 saturated carbocycles. The Morgan fingerprint density at radius 3 is 2.44 bits per heavy atom. The van der Waals surface area contributed by atoms with Gasteiger partial charge in [0.05, 0.1) is 22.8 Å². The van der Waals surface area contributed by atoms with Crippen molar-refractivity contribution < 1.29 is 23.5 Å². The third kappa shape index (κ3) is 5.05. The predicted molar refractivity (Wildman–Crippen MR) is 120 cm³/mol. The molecule has 3 aromatic rings. The van der Waals surface area contributed by atoms with E-state index in [1.54, 1.807) is 44.2 Å². The number of Topliss-reactive ketones (excluding diaryl/α,β-unsaturated/α-hetero) is 1. The molecule has 0 aliphatic carbocycles. The molecule has 0 aliphatic heterocycles. The van der Waals surface area contributed by atoms with E-state index in [0.29, 0.717) is 28.3 Å². The third-order valence-electron chi connectivity index (χ3n) is 4.73. The summed E-state index contributed by atoms with van der Waals surface area (Å²) in [4.78, 5) is 37.5. The first-order valence-electron chi connectivity index (χ1n) is 9.69. The first-order valence-corrected chi connectivity index (χ1v) is 10.9. The fourth-order valence-corrected chi connectivity index (χ4v) is 3.76. The van der Waals surface area contributed by atoms with Crippen LogP contribution in [0.1, 0.15) is 39.0 Å². The largest absolute Gasteiger partial charge is 0.454 e. The maximum absolute atomic E-state index is 13.2. The number of esters is 1. The summed E-state index contributed by atoms with van der Waals surface area (Å²) >= 11 is 1.44. The van der Waals surface area contributed by atoms with E-state index in [-0.39, 0.29) is 17.3 Å². The topological polar surface area (TPSA) is 90.3 Å². The summed E-state index contributed by atoms with van der Waals surface area (Å²) in [5.41, 5.74) is 2.63. The quantitative estimate of drug-likeness (QED) is 0.324. The molecule has 0 saturated heterocycles. The van der Waals surface area contributed by atoms with Crippen LogP contribution in [0.2, 0.25) is 0 Å². The lowest BCUT2D eigenvalue weighted by atomic mass is 10.1. The Balaban J connectivity index is 1.75. The number of amides is 1. The minimum atomic E-state index is -0.676. The lowest BCUT2D eigenvalue weighted by Gasteiger charge is -2.10. The average molecular weight is 456 g/mol. The first kappa shape index (κ1) is 23.2. The first-order chi connectivity index (χ1) is 15.2. The molecule has 0 radical (unpaired) electrons. The van der Waals surface area contributed by atoms with E-state index in [1.807, 2.05) is 6.26 Å². The van der Waals surface area contributed by atoms with Gasteiger partial charge in [-0.15, -0.1) is 11.8 Å². The van der Waals surface area contributed by atoms with Gasteiger partial charge in [0.15, 0.2) is 12.4 Å². The van der Waals surface area contributed by atoms with Crippen LogP contribution in [0.5, 0.6) is 0 Å². The van der Waals surface area contributed by atoms with Crippen LogP contribution in [-0.2, 0) is 9.53 Å². The highest BCUT2D eigenvalue weighted by molar-refractivity contribution is 7.98. The lowest BCUT2D eigenvalue weighted by Crippen LogP contribution is -2.16. The Morgan fingerprint density at radius 1 is 1.12 bits per heavy atom. The fourth-order valence-electron chi connectivity index (χ4n) is 3.23. The highest BCUT2D eigenvalue weighted by atomic mass is 32.2. The van der Waals surface area contributed by atoms with Gasteiger partial charge in [-0.3, -0.25) is 9.59 Å². The number of thioether (sulfide) groups is 1. The van der Waals surface area contributed by atoms with Crippen molar-refractivity contribution in [3.05, 3.63) is 70.8 Å². The summed E-state index contributed by atoms with van der Waals surface area (Å²) in [5.74, 6) is -1.70. The number of hydrogen-bond donors (Lipinski definition) is 1. The summed E-state index contributed by atoms with van der Waals surface area (Å²) in [6, 6.07) is 10.6. The Labute approximate surface area is 189 Å². The van der Waals surface area contributed by atoms with Crippen LogP contribution in [0, 0.1) is 19.7 Å². The van der Waals surface area contributed by atoms with Gasteiger partial charge in [0.2, 0.25) is 5.91 Å². The minimum absolute atomic E-state index is 0.249. The van der Waals surface area contributed by atoms with E-state index >= 15 is 0 Å². The van der Waals surface area contributed by atoms with Gasteiger partial charge in [-0.05, 0) is 56.5 Å². The molecule has 1 aromatic heterocycles. The highest BCUT2D eigenvalue weighted by Gasteiger charge is 2.22. The molecular formula is C23H22FN3O4S. The van der Waals surface area contributed by atoms with Crippen molar-refractivity contribution in [3.63, 3.8) is 0 Å². The van der Waals surface area contributed by atoms with Crippen molar-refractivity contribution in [1.82, 2.24) is 9.78 Å². The second kappa shape index (κ2) is 9.78. The van der Waals surface area contributed by atoms with Crippen molar-refractivity contribution in [1.29, 1.82) is 0 Å². The number of anilines is 1. The normalized spacial score (nSPS) is 10.7. The fraction of sp³-hybridized carbons (Fsp3) is 0.217. The average Bonchev–Trinajstić information content (AvgIpc) is 3.05. The molecule has 7 nitrogen and oxygen atoms in total. The van der Waals surface area contributed by atoms with E-state index in [0.717, 1.165) is 4.90 Å². The molecule has 1 heterocycles. The molecule has 0 aliphatic rings. The summed E-state index contributed by atoms with van der Waals surface area (Å²) in [6.45, 7) is 4.28. The number of aromatic nitrogens is 2. The maximum Gasteiger partial charge on any atom is 0.342 e. The molecule has 2 aromatic carbocycles. The zero-order chi connectivity index (χ0) is 23.4. The monoisotopic (exact) mass is 455 g/mol. The Kier molecular flexibility index (Phi) is 7.09. The van der Waals surface area contributed by atoms with Crippen LogP contribution >= 0.6 is 11.8 Å². The van der Waals surface area contributed by atoms with E-state index < -0.39 is 18.4 Å². The van der Waals surface area contributed by atoms with Gasteiger partial charge in [0.1, 0.15) is 11.4 Å². The number of hydrogen-bond acceptors (Lipinski definition) is 6. The second-order valence-electron chi connectivity index (χ2n) is 7.03. The number of aryl methyl sites for hydroxylation is 1. The summed E-state index contributed by atoms with van der Waals surface area (Å²) in [7, 11) is 0. The Morgan fingerprint density at radius 2 is 1.81 bits per heavy atom. The van der Waals surface area contributed by atoms with Crippen molar-refractivity contribution >= 4 is 35.1 Å². The number of rotatable bonds is 7. The molecule has 0 atom stereocenters. The van der Waals surface area contributed by atoms with E-state index in [9.17, 15) is 18.8 Å². The van der Waals surface area contributed by atoms with Crippen molar-refractivity contribution in [2.24, 2.45) is 0 Å². The lowest BCUT2D eigenvalue weighted by molar-refractivity contribution is -0.114. The third-order valence-corrected chi connectivity index (χ3v) is 5.53. The number of nitrogens with zero attached hydrogens (tertiary/aromatic N) is 2. The van der Waals surface area contributed by atoms with Crippen molar-refractivity contribution in [3.8, 4) is 5.69 Å². The number of carbonyl (C=O) groups excluding carboxylic acids is 3. The summed E-state index contributed by atoms with van der Waals surface area (Å²) in [6.07, 6.45) is 1.86. The van der Waals surface area contributed by atoms with Gasteiger partial charge in [0, 0.05) is 17.4 Å². The van der Waals surface area contributed by atoms with Crippen LogP contribution < -0.4 is 5.32 Å². The molecule has 9 heteroatoms. The van der Waals surface area contributed by atoms with Crippen LogP contribution in [0.4, 0.5) is 10.1 Å². The van der Waals surface area contributed by atoms with Gasteiger partial charge in [-0.1, -0.05) is 6.07 Å². The summed E-state index contributed by atoms with van der Waals surface area (Å²) < 4.78 is 20.0. The van der Waals surface area contributed by atoms with Crippen LogP contribution in [0.3, 0.4) is 0 Å². The highest BCUT2D eigenvalue weighted by Crippen LogP contribution is 2.27. The number of carbonyl (C=O) groups is 3. The van der Waals surface area contributed by atoms with Gasteiger partial charge in [-0.25, -0.2) is 13.9 Å². The van der Waals surface area contributed by atoms with Crippen molar-refractivity contribution in [2.45, 2.75) is 25.7 Å². The Bertz CT molecular complexity index is 1190. The molecule has 0 fully saturated rings. The van der Waals surface area contributed by atoms with Gasteiger partial charge in [-0.2, -0.15) is 5.10 Å². The molecule has 0 unspecified atom stereocenters. The predicted octanol–water partition coefficient (Wildman–Crippen LogP) is 4.35. The number of benzene rings is 2. The number of nitrogens with one attached hydrogen (secondary N) is 1. The minimum Gasteiger partial charge on any atom is -0.454 e. The smallest absolute Gasteiger partial charge is 0.342 e. The summed E-state index contributed by atoms with van der Waals surface area (Å²) in [5, 5.41) is 7.03. The molecule has 1 N–H and O–H groups in total. The standard InChI is InChI=1S/C23H22FN3O4S/c1-13-22(14(2)27(26-13)18-8-6-17(24)7-9-18)23(30)31-12-20(29)16-5-10-21(32-4)19(11-16)25-15(3)28/h5-11H,12H2,1-4H3,(H,25,28). The second-order valence-corrected chi connectivity index (χ2v) is 7.88. The number of ketones is 1. The molecule has 0 spiro atoms. The molecule has 0 bridgehead atoms. The van der Waals surface area contributed by atoms with E-state index in [1.165, 1.54) is 35.5 Å². The van der Waals surface area contributed by atoms with Crippen LogP contribution in [-0.4, -0.2) is 40.3 Å². The van der Waals surface area contributed by atoms with Crippen LogP contribution in [0.15, 0.2) is 47.4 Å². The van der Waals surface area contributed by atoms with Crippen molar-refractivity contribution in [2.75, 3.05) is 18.2 Å². The molecular weight excluding hydrogens is 433 g/mol. The van der Waals surface area contributed by atoms with Crippen LogP contribution in [0.25, 0.3) is 5.69 Å². The molecule has 166 valence electrons. The molecule has 32 heavy (non-hydrogen) atoms. The van der Waals surface area contributed by atoms with E-state index in [4.69, 9.17) is 4.74 Å². The zero-order valence-electron chi connectivity index (χ0n) is 18.1. The SMILES string of the molecule is CSc1ccc(C(=O)COC(=O)c2c(C)nn(-c3ccc(F)cc3)c2C)cc1NC(C)=O. The zero-order valence-corrected chi connectivity index (χ0v) is 18.9.